The van der Waals surface area contributed by atoms with Crippen LogP contribution >= 0.6 is 0 Å². The van der Waals surface area contributed by atoms with Crippen molar-refractivity contribution in [3.05, 3.63) is 29.8 Å². The van der Waals surface area contributed by atoms with Gasteiger partial charge < -0.3 is 14.7 Å². The van der Waals surface area contributed by atoms with Gasteiger partial charge in [0.1, 0.15) is 5.75 Å². The van der Waals surface area contributed by atoms with Gasteiger partial charge in [-0.05, 0) is 24.5 Å². The Hall–Kier alpha value is -1.59. The average Bonchev–Trinajstić information content (AvgIpc) is 3.01. The Labute approximate surface area is 125 Å². The van der Waals surface area contributed by atoms with Crippen molar-refractivity contribution in [2.24, 2.45) is 5.92 Å². The van der Waals surface area contributed by atoms with Gasteiger partial charge in [-0.2, -0.15) is 0 Å². The lowest BCUT2D eigenvalue weighted by Gasteiger charge is -2.35. The minimum atomic E-state index is -0.0723. The van der Waals surface area contributed by atoms with E-state index in [1.807, 2.05) is 4.90 Å². The van der Waals surface area contributed by atoms with Crippen molar-refractivity contribution < 1.29 is 14.6 Å². The lowest BCUT2D eigenvalue weighted by atomic mass is 10.1. The van der Waals surface area contributed by atoms with E-state index in [1.165, 1.54) is 0 Å². The third kappa shape index (κ3) is 3.36. The Morgan fingerprint density at radius 1 is 1.24 bits per heavy atom. The van der Waals surface area contributed by atoms with Crippen molar-refractivity contribution >= 4 is 5.91 Å². The predicted octanol–water partition coefficient (Wildman–Crippen LogP) is 1.19. The maximum atomic E-state index is 12.4. The number of carbonyl (C=O) groups excluding carboxylic acids is 1. The van der Waals surface area contributed by atoms with Crippen molar-refractivity contribution in [1.29, 1.82) is 0 Å². The summed E-state index contributed by atoms with van der Waals surface area (Å²) in [7, 11) is 0. The normalized spacial score (nSPS) is 23.4. The summed E-state index contributed by atoms with van der Waals surface area (Å²) >= 11 is 0. The van der Waals surface area contributed by atoms with Gasteiger partial charge in [0.05, 0.1) is 12.2 Å². The standard InChI is InChI=1S/C16H22N2O3/c19-15-4-2-1-3-14(15)16(20)18-8-6-17(7-9-18)11-13-5-10-21-12-13/h1-4,13,19H,5-12H2/t13-/m0/s1. The number of amides is 1. The van der Waals surface area contributed by atoms with Crippen LogP contribution in [-0.4, -0.2) is 66.8 Å². The second kappa shape index (κ2) is 6.45. The van der Waals surface area contributed by atoms with Crippen LogP contribution in [0.1, 0.15) is 16.8 Å². The molecule has 1 aromatic rings. The number of phenolic OH excluding ortho intramolecular Hbond substituents is 1. The number of nitrogens with zero attached hydrogens (tertiary/aromatic N) is 2. The summed E-state index contributed by atoms with van der Waals surface area (Å²) in [5.41, 5.74) is 0.398. The van der Waals surface area contributed by atoms with E-state index in [2.05, 4.69) is 4.90 Å². The molecule has 1 aromatic carbocycles. The second-order valence-corrected chi connectivity index (χ2v) is 5.84. The van der Waals surface area contributed by atoms with Gasteiger partial charge in [-0.1, -0.05) is 12.1 Å². The predicted molar refractivity (Wildman–Crippen MR) is 79.4 cm³/mol. The van der Waals surface area contributed by atoms with Crippen LogP contribution in [0.15, 0.2) is 24.3 Å². The van der Waals surface area contributed by atoms with Gasteiger partial charge in [-0.25, -0.2) is 0 Å². The molecule has 5 nitrogen and oxygen atoms in total. The molecule has 0 saturated carbocycles. The number of carbonyl (C=O) groups is 1. The fraction of sp³-hybridized carbons (Fsp3) is 0.562. The first-order valence-corrected chi connectivity index (χ1v) is 7.61. The van der Waals surface area contributed by atoms with E-state index < -0.39 is 0 Å². The first kappa shape index (κ1) is 14.4. The summed E-state index contributed by atoms with van der Waals surface area (Å²) in [5.74, 6) is 0.635. The summed E-state index contributed by atoms with van der Waals surface area (Å²) in [6.45, 7) is 6.07. The van der Waals surface area contributed by atoms with Gasteiger partial charge >= 0.3 is 0 Å². The molecule has 2 saturated heterocycles. The Morgan fingerprint density at radius 2 is 2.00 bits per heavy atom. The fourth-order valence-electron chi connectivity index (χ4n) is 3.05. The van der Waals surface area contributed by atoms with Crippen molar-refractivity contribution in [1.82, 2.24) is 9.80 Å². The molecule has 21 heavy (non-hydrogen) atoms. The largest absolute Gasteiger partial charge is 0.507 e. The molecule has 5 heteroatoms. The highest BCUT2D eigenvalue weighted by molar-refractivity contribution is 5.96. The highest BCUT2D eigenvalue weighted by Crippen LogP contribution is 2.20. The maximum Gasteiger partial charge on any atom is 0.257 e. The molecule has 0 spiro atoms. The van der Waals surface area contributed by atoms with E-state index in [0.717, 1.165) is 52.4 Å². The zero-order valence-corrected chi connectivity index (χ0v) is 12.2. The van der Waals surface area contributed by atoms with Gasteiger partial charge in [0.2, 0.25) is 0 Å². The van der Waals surface area contributed by atoms with Crippen molar-refractivity contribution in [3.63, 3.8) is 0 Å². The monoisotopic (exact) mass is 290 g/mol. The van der Waals surface area contributed by atoms with Crippen LogP contribution < -0.4 is 0 Å². The molecule has 2 aliphatic heterocycles. The van der Waals surface area contributed by atoms with Crippen molar-refractivity contribution in [3.8, 4) is 5.75 Å². The van der Waals surface area contributed by atoms with Crippen molar-refractivity contribution in [2.45, 2.75) is 6.42 Å². The molecule has 2 fully saturated rings. The van der Waals surface area contributed by atoms with Crippen LogP contribution in [-0.2, 0) is 4.74 Å². The molecule has 1 amide bonds. The van der Waals surface area contributed by atoms with Gasteiger partial charge in [0.15, 0.2) is 0 Å². The molecule has 3 rings (SSSR count). The second-order valence-electron chi connectivity index (χ2n) is 5.84. The number of hydrogen-bond acceptors (Lipinski definition) is 4. The molecule has 0 radical (unpaired) electrons. The number of ether oxygens (including phenoxy) is 1. The Kier molecular flexibility index (Phi) is 4.41. The highest BCUT2D eigenvalue weighted by atomic mass is 16.5. The topological polar surface area (TPSA) is 53.0 Å². The molecular weight excluding hydrogens is 268 g/mol. The Morgan fingerprint density at radius 3 is 2.67 bits per heavy atom. The summed E-state index contributed by atoms with van der Waals surface area (Å²) in [5, 5.41) is 9.78. The van der Waals surface area contributed by atoms with E-state index in [9.17, 15) is 9.90 Å². The smallest absolute Gasteiger partial charge is 0.257 e. The van der Waals surface area contributed by atoms with Crippen LogP contribution in [0.4, 0.5) is 0 Å². The Balaban J connectivity index is 1.53. The van der Waals surface area contributed by atoms with Gasteiger partial charge in [-0.3, -0.25) is 9.69 Å². The van der Waals surface area contributed by atoms with Crippen LogP contribution in [0, 0.1) is 5.92 Å². The van der Waals surface area contributed by atoms with E-state index in [-0.39, 0.29) is 11.7 Å². The summed E-state index contributed by atoms with van der Waals surface area (Å²) in [6, 6.07) is 6.75. The average molecular weight is 290 g/mol. The van der Waals surface area contributed by atoms with Gasteiger partial charge in [0.25, 0.3) is 5.91 Å². The van der Waals surface area contributed by atoms with Crippen molar-refractivity contribution in [2.75, 3.05) is 45.9 Å². The lowest BCUT2D eigenvalue weighted by Crippen LogP contribution is -2.49. The summed E-state index contributed by atoms with van der Waals surface area (Å²) in [4.78, 5) is 16.6. The van der Waals surface area contributed by atoms with E-state index >= 15 is 0 Å². The lowest BCUT2D eigenvalue weighted by molar-refractivity contribution is 0.0608. The van der Waals surface area contributed by atoms with E-state index in [0.29, 0.717) is 11.5 Å². The van der Waals surface area contributed by atoms with E-state index in [1.54, 1.807) is 24.3 Å². The third-order valence-corrected chi connectivity index (χ3v) is 4.33. The first-order chi connectivity index (χ1) is 10.2. The minimum Gasteiger partial charge on any atom is -0.507 e. The number of rotatable bonds is 3. The van der Waals surface area contributed by atoms with Gasteiger partial charge in [0, 0.05) is 39.3 Å². The molecule has 2 aliphatic rings. The maximum absolute atomic E-state index is 12.4. The number of aromatic hydroxyl groups is 1. The minimum absolute atomic E-state index is 0.0630. The summed E-state index contributed by atoms with van der Waals surface area (Å²) in [6.07, 6.45) is 1.15. The van der Waals surface area contributed by atoms with Crippen LogP contribution in [0.2, 0.25) is 0 Å². The molecule has 0 bridgehead atoms. The molecule has 0 aromatic heterocycles. The van der Waals surface area contributed by atoms with Crippen LogP contribution in [0.25, 0.3) is 0 Å². The molecule has 0 unspecified atom stereocenters. The van der Waals surface area contributed by atoms with Gasteiger partial charge in [-0.15, -0.1) is 0 Å². The molecule has 0 aliphatic carbocycles. The quantitative estimate of drug-likeness (QED) is 0.908. The number of phenols is 1. The zero-order valence-electron chi connectivity index (χ0n) is 12.2. The SMILES string of the molecule is O=C(c1ccccc1O)N1CCN(C[C@@H]2CCOC2)CC1. The number of para-hydroxylation sites is 1. The molecular formula is C16H22N2O3. The number of benzene rings is 1. The fourth-order valence-corrected chi connectivity index (χ4v) is 3.05. The molecule has 1 N–H and O–H groups in total. The van der Waals surface area contributed by atoms with E-state index in [4.69, 9.17) is 4.74 Å². The van der Waals surface area contributed by atoms with Crippen LogP contribution in [0.3, 0.4) is 0 Å². The first-order valence-electron chi connectivity index (χ1n) is 7.61. The van der Waals surface area contributed by atoms with Crippen LogP contribution in [0.5, 0.6) is 5.75 Å². The highest BCUT2D eigenvalue weighted by Gasteiger charge is 2.26. The molecule has 2 heterocycles. The number of piperazine rings is 1. The molecule has 1 atom stereocenters. The third-order valence-electron chi connectivity index (χ3n) is 4.33. The zero-order chi connectivity index (χ0) is 14.7. The number of hydrogen-bond donors (Lipinski definition) is 1. The molecule has 114 valence electrons. The Bertz CT molecular complexity index is 492. The summed E-state index contributed by atoms with van der Waals surface area (Å²) < 4.78 is 5.41.